The van der Waals surface area contributed by atoms with Gasteiger partial charge in [0, 0.05) is 17.7 Å². The van der Waals surface area contributed by atoms with Gasteiger partial charge in [-0.05, 0) is 6.92 Å². The molecule has 4 N–H and O–H groups in total. The van der Waals surface area contributed by atoms with Gasteiger partial charge in [-0.15, -0.1) is 0 Å². The molecule has 0 atom stereocenters. The van der Waals surface area contributed by atoms with Gasteiger partial charge in [-0.2, -0.15) is 5.10 Å². The molecule has 88 valence electrons. The molecule has 1 aromatic rings. The lowest BCUT2D eigenvalue weighted by molar-refractivity contribution is 0.0944. The number of amides is 1. The van der Waals surface area contributed by atoms with Crippen LogP contribution in [0.4, 0.5) is 0 Å². The van der Waals surface area contributed by atoms with Crippen molar-refractivity contribution in [3.05, 3.63) is 17.5 Å². The van der Waals surface area contributed by atoms with Gasteiger partial charge in [-0.1, -0.05) is 26.1 Å². The van der Waals surface area contributed by atoms with Crippen LogP contribution in [0.5, 0.6) is 0 Å². The van der Waals surface area contributed by atoms with E-state index in [2.05, 4.69) is 15.5 Å². The molecule has 0 radical (unpaired) electrons. The Labute approximate surface area is 99.8 Å². The molecule has 1 amide bonds. The van der Waals surface area contributed by atoms with Gasteiger partial charge in [0.1, 0.15) is 0 Å². The van der Waals surface area contributed by atoms with E-state index in [1.54, 1.807) is 6.92 Å². The van der Waals surface area contributed by atoms with Crippen molar-refractivity contribution in [1.29, 1.82) is 0 Å². The third-order valence-corrected chi connectivity index (χ3v) is 2.99. The lowest BCUT2D eigenvalue weighted by Crippen LogP contribution is -2.41. The van der Waals surface area contributed by atoms with Crippen LogP contribution in [0.1, 0.15) is 29.9 Å². The van der Waals surface area contributed by atoms with E-state index >= 15 is 0 Å². The average Bonchev–Trinajstić information content (AvgIpc) is 2.61. The SMILES string of the molecule is Cc1[nH]ncc1C(=O)NCC(C)(C)C(N)=S. The molecule has 0 aliphatic carbocycles. The molecular formula is C10H16N4OS. The number of nitrogens with zero attached hydrogens (tertiary/aromatic N) is 1. The Morgan fingerprint density at radius 1 is 1.69 bits per heavy atom. The highest BCUT2D eigenvalue weighted by molar-refractivity contribution is 7.80. The minimum atomic E-state index is -0.386. The van der Waals surface area contributed by atoms with Gasteiger partial charge in [-0.25, -0.2) is 0 Å². The zero-order valence-corrected chi connectivity index (χ0v) is 10.4. The number of H-pyrrole nitrogens is 1. The van der Waals surface area contributed by atoms with Crippen LogP contribution < -0.4 is 11.1 Å². The smallest absolute Gasteiger partial charge is 0.254 e. The van der Waals surface area contributed by atoms with Crippen molar-refractivity contribution < 1.29 is 4.79 Å². The predicted octanol–water partition coefficient (Wildman–Crippen LogP) is 0.760. The molecule has 0 saturated carbocycles. The molecule has 0 saturated heterocycles. The predicted molar refractivity (Wildman–Crippen MR) is 66.2 cm³/mol. The zero-order valence-electron chi connectivity index (χ0n) is 9.63. The minimum Gasteiger partial charge on any atom is -0.393 e. The monoisotopic (exact) mass is 240 g/mol. The first-order valence-electron chi connectivity index (χ1n) is 4.92. The van der Waals surface area contributed by atoms with E-state index in [4.69, 9.17) is 18.0 Å². The highest BCUT2D eigenvalue weighted by Crippen LogP contribution is 2.14. The quantitative estimate of drug-likeness (QED) is 0.678. The number of aryl methyl sites for hydroxylation is 1. The molecular weight excluding hydrogens is 224 g/mol. The second kappa shape index (κ2) is 4.61. The van der Waals surface area contributed by atoms with Crippen LogP contribution in [0.3, 0.4) is 0 Å². The van der Waals surface area contributed by atoms with Crippen molar-refractivity contribution in [2.24, 2.45) is 11.1 Å². The number of nitrogens with one attached hydrogen (secondary N) is 2. The van der Waals surface area contributed by atoms with E-state index < -0.39 is 0 Å². The Morgan fingerprint density at radius 2 is 2.31 bits per heavy atom. The van der Waals surface area contributed by atoms with Crippen LogP contribution in [0, 0.1) is 12.3 Å². The topological polar surface area (TPSA) is 83.8 Å². The Bertz CT molecular complexity index is 411. The van der Waals surface area contributed by atoms with Crippen molar-refractivity contribution >= 4 is 23.1 Å². The maximum atomic E-state index is 11.7. The lowest BCUT2D eigenvalue weighted by Gasteiger charge is -2.23. The summed E-state index contributed by atoms with van der Waals surface area (Å²) in [5, 5.41) is 9.28. The summed E-state index contributed by atoms with van der Waals surface area (Å²) in [4.78, 5) is 12.1. The molecule has 6 heteroatoms. The van der Waals surface area contributed by atoms with Crippen LogP contribution in [0.2, 0.25) is 0 Å². The van der Waals surface area contributed by atoms with Crippen molar-refractivity contribution in [1.82, 2.24) is 15.5 Å². The first-order chi connectivity index (χ1) is 7.34. The highest BCUT2D eigenvalue weighted by Gasteiger charge is 2.22. The van der Waals surface area contributed by atoms with E-state index in [9.17, 15) is 4.79 Å². The van der Waals surface area contributed by atoms with Gasteiger partial charge in [0.15, 0.2) is 0 Å². The summed E-state index contributed by atoms with van der Waals surface area (Å²) >= 11 is 4.92. The van der Waals surface area contributed by atoms with Gasteiger partial charge >= 0.3 is 0 Å². The van der Waals surface area contributed by atoms with Gasteiger partial charge in [0.05, 0.1) is 16.7 Å². The summed E-state index contributed by atoms with van der Waals surface area (Å²) < 4.78 is 0. The third-order valence-electron chi connectivity index (χ3n) is 2.43. The molecule has 0 bridgehead atoms. The third kappa shape index (κ3) is 2.79. The van der Waals surface area contributed by atoms with E-state index in [-0.39, 0.29) is 11.3 Å². The van der Waals surface area contributed by atoms with Crippen molar-refractivity contribution in [2.45, 2.75) is 20.8 Å². The van der Waals surface area contributed by atoms with E-state index in [0.717, 1.165) is 5.69 Å². The van der Waals surface area contributed by atoms with Gasteiger partial charge < -0.3 is 11.1 Å². The maximum Gasteiger partial charge on any atom is 0.254 e. The highest BCUT2D eigenvalue weighted by atomic mass is 32.1. The molecule has 16 heavy (non-hydrogen) atoms. The van der Waals surface area contributed by atoms with E-state index in [0.29, 0.717) is 17.1 Å². The van der Waals surface area contributed by atoms with E-state index in [1.165, 1.54) is 6.20 Å². The fraction of sp³-hybridized carbons (Fsp3) is 0.500. The second-order valence-electron chi connectivity index (χ2n) is 4.34. The number of carbonyl (C=O) groups is 1. The number of rotatable bonds is 4. The second-order valence-corrected chi connectivity index (χ2v) is 4.78. The lowest BCUT2D eigenvalue weighted by atomic mass is 9.93. The van der Waals surface area contributed by atoms with Crippen LogP contribution >= 0.6 is 12.2 Å². The molecule has 0 aliphatic rings. The number of carbonyl (C=O) groups excluding carboxylic acids is 1. The Hall–Kier alpha value is -1.43. The van der Waals surface area contributed by atoms with Crippen LogP contribution in [-0.2, 0) is 0 Å². The molecule has 5 nitrogen and oxygen atoms in total. The molecule has 1 heterocycles. The number of aromatic nitrogens is 2. The van der Waals surface area contributed by atoms with Gasteiger partial charge in [-0.3, -0.25) is 9.89 Å². The summed E-state index contributed by atoms with van der Waals surface area (Å²) in [5.74, 6) is -0.171. The van der Waals surface area contributed by atoms with E-state index in [1.807, 2.05) is 13.8 Å². The van der Waals surface area contributed by atoms with Crippen LogP contribution in [0.25, 0.3) is 0 Å². The van der Waals surface area contributed by atoms with Crippen molar-refractivity contribution in [2.75, 3.05) is 6.54 Å². The fourth-order valence-electron chi connectivity index (χ4n) is 1.06. The zero-order chi connectivity index (χ0) is 12.3. The molecule has 0 aliphatic heterocycles. The number of hydrogen-bond donors (Lipinski definition) is 3. The Kier molecular flexibility index (Phi) is 3.64. The van der Waals surface area contributed by atoms with Gasteiger partial charge in [0.25, 0.3) is 5.91 Å². The van der Waals surface area contributed by atoms with Crippen LogP contribution in [-0.4, -0.2) is 27.6 Å². The Balaban J connectivity index is 2.61. The Morgan fingerprint density at radius 3 is 2.75 bits per heavy atom. The summed E-state index contributed by atoms with van der Waals surface area (Å²) in [6.45, 7) is 5.97. The first-order valence-corrected chi connectivity index (χ1v) is 5.33. The summed E-state index contributed by atoms with van der Waals surface area (Å²) in [7, 11) is 0. The summed E-state index contributed by atoms with van der Waals surface area (Å²) in [6, 6.07) is 0. The average molecular weight is 240 g/mol. The maximum absolute atomic E-state index is 11.7. The summed E-state index contributed by atoms with van der Waals surface area (Å²) in [5.41, 5.74) is 6.46. The minimum absolute atomic E-state index is 0.171. The molecule has 0 fully saturated rings. The molecule has 1 aromatic heterocycles. The fourth-order valence-corrected chi connectivity index (χ4v) is 1.14. The normalized spacial score (nSPS) is 11.2. The van der Waals surface area contributed by atoms with Crippen molar-refractivity contribution in [3.8, 4) is 0 Å². The largest absolute Gasteiger partial charge is 0.393 e. The van der Waals surface area contributed by atoms with Gasteiger partial charge in [0.2, 0.25) is 0 Å². The first kappa shape index (κ1) is 12.6. The molecule has 0 aromatic carbocycles. The number of thiocarbonyl (C=S) groups is 1. The number of hydrogen-bond acceptors (Lipinski definition) is 3. The van der Waals surface area contributed by atoms with Crippen molar-refractivity contribution in [3.63, 3.8) is 0 Å². The molecule has 0 spiro atoms. The standard InChI is InChI=1S/C10H16N4OS/c1-6-7(4-13-14-6)8(15)12-5-10(2,3)9(11)16/h4H,5H2,1-3H3,(H2,11,16)(H,12,15)(H,13,14). The number of aromatic amines is 1. The molecule has 0 unspecified atom stereocenters. The summed E-state index contributed by atoms with van der Waals surface area (Å²) in [6.07, 6.45) is 1.50. The van der Waals surface area contributed by atoms with Crippen LogP contribution in [0.15, 0.2) is 6.20 Å². The number of nitrogens with two attached hydrogens (primary N) is 1. The molecule has 1 rings (SSSR count).